The van der Waals surface area contributed by atoms with E-state index in [1.54, 1.807) is 13.4 Å². The van der Waals surface area contributed by atoms with Crippen molar-refractivity contribution in [3.05, 3.63) is 35.3 Å². The summed E-state index contributed by atoms with van der Waals surface area (Å²) in [6, 6.07) is 3.88. The van der Waals surface area contributed by atoms with E-state index in [4.69, 9.17) is 4.74 Å². The molecule has 0 spiro atoms. The quantitative estimate of drug-likeness (QED) is 0.779. The lowest BCUT2D eigenvalue weighted by Gasteiger charge is -2.13. The van der Waals surface area contributed by atoms with Crippen LogP contribution in [0.25, 0.3) is 11.3 Å². The molecular weight excluding hydrogens is 228 g/mol. The highest BCUT2D eigenvalue weighted by Gasteiger charge is 2.15. The second-order valence-corrected chi connectivity index (χ2v) is 4.27. The van der Waals surface area contributed by atoms with Gasteiger partial charge >= 0.3 is 0 Å². The van der Waals surface area contributed by atoms with Crippen LogP contribution in [0.1, 0.15) is 21.6 Å². The predicted octanol–water partition coefficient (Wildman–Crippen LogP) is 2.53. The van der Waals surface area contributed by atoms with Crippen molar-refractivity contribution in [3.8, 4) is 17.0 Å². The molecule has 0 saturated heterocycles. The van der Waals surface area contributed by atoms with Crippen molar-refractivity contribution in [1.29, 1.82) is 0 Å². The molecule has 1 aromatic heterocycles. The number of aryl methyl sites for hydroxylation is 1. The van der Waals surface area contributed by atoms with Crippen molar-refractivity contribution in [2.75, 3.05) is 7.11 Å². The molecule has 0 aliphatic carbocycles. The summed E-state index contributed by atoms with van der Waals surface area (Å²) in [6.07, 6.45) is 2.44. The highest BCUT2D eigenvalue weighted by Crippen LogP contribution is 2.31. The van der Waals surface area contributed by atoms with Crippen molar-refractivity contribution in [2.45, 2.75) is 13.8 Å². The topological polar surface area (TPSA) is 44.1 Å². The van der Waals surface area contributed by atoms with Gasteiger partial charge in [0.1, 0.15) is 11.4 Å². The van der Waals surface area contributed by atoms with Gasteiger partial charge < -0.3 is 9.30 Å². The lowest BCUT2D eigenvalue weighted by Crippen LogP contribution is -1.98. The third-order valence-electron chi connectivity index (χ3n) is 3.29. The molecule has 0 unspecified atom stereocenters. The number of carbonyl (C=O) groups is 1. The van der Waals surface area contributed by atoms with Crippen molar-refractivity contribution >= 4 is 6.29 Å². The fraction of sp³-hybridized carbons (Fsp3) is 0.286. The van der Waals surface area contributed by atoms with Gasteiger partial charge in [0, 0.05) is 12.6 Å². The van der Waals surface area contributed by atoms with Gasteiger partial charge in [0.05, 0.1) is 19.1 Å². The van der Waals surface area contributed by atoms with Crippen molar-refractivity contribution in [1.82, 2.24) is 9.55 Å². The molecule has 4 heteroatoms. The highest BCUT2D eigenvalue weighted by atomic mass is 16.5. The van der Waals surface area contributed by atoms with Crippen LogP contribution in [-0.2, 0) is 7.05 Å². The van der Waals surface area contributed by atoms with E-state index < -0.39 is 0 Å². The minimum absolute atomic E-state index is 0.463. The third-order valence-corrected chi connectivity index (χ3v) is 3.29. The Hall–Kier alpha value is -2.10. The van der Waals surface area contributed by atoms with Crippen LogP contribution in [0.3, 0.4) is 0 Å². The second kappa shape index (κ2) is 4.64. The van der Waals surface area contributed by atoms with Crippen molar-refractivity contribution in [3.63, 3.8) is 0 Å². The van der Waals surface area contributed by atoms with E-state index in [-0.39, 0.29) is 0 Å². The number of aromatic nitrogens is 2. The molecule has 2 aromatic rings. The van der Waals surface area contributed by atoms with E-state index in [2.05, 4.69) is 4.98 Å². The second-order valence-electron chi connectivity index (χ2n) is 4.27. The minimum atomic E-state index is 0.463. The van der Waals surface area contributed by atoms with Gasteiger partial charge in [-0.05, 0) is 37.1 Å². The first kappa shape index (κ1) is 12.4. The van der Waals surface area contributed by atoms with E-state index in [0.717, 1.165) is 34.4 Å². The predicted molar refractivity (Wildman–Crippen MR) is 70.1 cm³/mol. The zero-order valence-corrected chi connectivity index (χ0v) is 11.0. The summed E-state index contributed by atoms with van der Waals surface area (Å²) in [5, 5.41) is 0. The van der Waals surface area contributed by atoms with E-state index in [1.807, 2.05) is 37.6 Å². The molecular formula is C14H16N2O2. The molecule has 0 bridgehead atoms. The van der Waals surface area contributed by atoms with Gasteiger partial charge in [0.25, 0.3) is 0 Å². The maximum atomic E-state index is 11.0. The average Bonchev–Trinajstić information content (AvgIpc) is 2.74. The summed E-state index contributed by atoms with van der Waals surface area (Å²) >= 11 is 0. The number of hydrogen-bond donors (Lipinski definition) is 0. The molecule has 0 N–H and O–H groups in total. The van der Waals surface area contributed by atoms with Crippen LogP contribution in [0.2, 0.25) is 0 Å². The molecule has 0 amide bonds. The van der Waals surface area contributed by atoms with E-state index in [0.29, 0.717) is 5.69 Å². The van der Waals surface area contributed by atoms with Gasteiger partial charge in [0.2, 0.25) is 0 Å². The monoisotopic (exact) mass is 244 g/mol. The molecule has 0 aliphatic heterocycles. The zero-order chi connectivity index (χ0) is 13.3. The van der Waals surface area contributed by atoms with Crippen LogP contribution < -0.4 is 4.74 Å². The first-order valence-electron chi connectivity index (χ1n) is 5.71. The molecule has 1 aromatic carbocycles. The number of imidazole rings is 1. The Morgan fingerprint density at radius 2 is 2.00 bits per heavy atom. The molecule has 0 radical (unpaired) electrons. The lowest BCUT2D eigenvalue weighted by molar-refractivity contribution is 0.112. The Labute approximate surface area is 106 Å². The molecule has 4 nitrogen and oxygen atoms in total. The first-order chi connectivity index (χ1) is 8.60. The Morgan fingerprint density at radius 1 is 1.28 bits per heavy atom. The van der Waals surface area contributed by atoms with Gasteiger partial charge in [-0.2, -0.15) is 0 Å². The van der Waals surface area contributed by atoms with Crippen LogP contribution in [0.5, 0.6) is 5.75 Å². The normalized spacial score (nSPS) is 10.4. The van der Waals surface area contributed by atoms with Crippen LogP contribution in [0.15, 0.2) is 18.5 Å². The Bertz CT molecular complexity index is 600. The number of benzene rings is 1. The molecule has 0 aliphatic rings. The maximum absolute atomic E-state index is 11.0. The van der Waals surface area contributed by atoms with Gasteiger partial charge in [-0.15, -0.1) is 0 Å². The average molecular weight is 244 g/mol. The summed E-state index contributed by atoms with van der Waals surface area (Å²) in [5.74, 6) is 0.853. The summed E-state index contributed by atoms with van der Waals surface area (Å²) in [4.78, 5) is 15.1. The Balaban J connectivity index is 2.68. The van der Waals surface area contributed by atoms with Crippen LogP contribution >= 0.6 is 0 Å². The number of carbonyl (C=O) groups excluding carboxylic acids is 1. The van der Waals surface area contributed by atoms with Gasteiger partial charge in [-0.1, -0.05) is 0 Å². The number of rotatable bonds is 3. The summed E-state index contributed by atoms with van der Waals surface area (Å²) in [7, 11) is 3.54. The zero-order valence-electron chi connectivity index (χ0n) is 11.0. The van der Waals surface area contributed by atoms with E-state index >= 15 is 0 Å². The third kappa shape index (κ3) is 1.79. The Kier molecular flexibility index (Phi) is 3.19. The SMILES string of the molecule is COc1ccc(-c2c(C=O)ncn2C)c(C)c1C. The van der Waals surface area contributed by atoms with E-state index in [1.165, 1.54) is 0 Å². The molecule has 2 rings (SSSR count). The van der Waals surface area contributed by atoms with Crippen LogP contribution in [-0.4, -0.2) is 22.9 Å². The van der Waals surface area contributed by atoms with E-state index in [9.17, 15) is 4.79 Å². The number of hydrogen-bond acceptors (Lipinski definition) is 3. The largest absolute Gasteiger partial charge is 0.496 e. The number of ether oxygens (including phenoxy) is 1. The molecule has 0 atom stereocenters. The summed E-state index contributed by atoms with van der Waals surface area (Å²) < 4.78 is 7.15. The molecule has 1 heterocycles. The number of methoxy groups -OCH3 is 1. The fourth-order valence-electron chi connectivity index (χ4n) is 2.14. The minimum Gasteiger partial charge on any atom is -0.496 e. The fourth-order valence-corrected chi connectivity index (χ4v) is 2.14. The molecule has 0 saturated carbocycles. The summed E-state index contributed by atoms with van der Waals surface area (Å²) in [5.41, 5.74) is 4.49. The Morgan fingerprint density at radius 3 is 2.61 bits per heavy atom. The van der Waals surface area contributed by atoms with Gasteiger partial charge in [-0.3, -0.25) is 4.79 Å². The molecule has 0 fully saturated rings. The van der Waals surface area contributed by atoms with Gasteiger partial charge in [0.15, 0.2) is 6.29 Å². The standard InChI is InChI=1S/C14H16N2O2/c1-9-10(2)13(18-4)6-5-11(9)14-12(7-17)15-8-16(14)3/h5-8H,1-4H3. The smallest absolute Gasteiger partial charge is 0.170 e. The first-order valence-corrected chi connectivity index (χ1v) is 5.71. The van der Waals surface area contributed by atoms with Crippen molar-refractivity contribution in [2.24, 2.45) is 7.05 Å². The highest BCUT2D eigenvalue weighted by molar-refractivity contribution is 5.85. The maximum Gasteiger partial charge on any atom is 0.170 e. The molecule has 94 valence electrons. The van der Waals surface area contributed by atoms with Crippen molar-refractivity contribution < 1.29 is 9.53 Å². The summed E-state index contributed by atoms with van der Waals surface area (Å²) in [6.45, 7) is 4.03. The number of aldehydes is 1. The van der Waals surface area contributed by atoms with Crippen LogP contribution in [0, 0.1) is 13.8 Å². The lowest BCUT2D eigenvalue weighted by atomic mass is 9.99. The number of nitrogens with zero attached hydrogens (tertiary/aromatic N) is 2. The van der Waals surface area contributed by atoms with Crippen LogP contribution in [0.4, 0.5) is 0 Å². The molecule has 18 heavy (non-hydrogen) atoms. The van der Waals surface area contributed by atoms with Gasteiger partial charge in [-0.25, -0.2) is 4.98 Å².